The average molecular weight is 316 g/mol. The Bertz CT molecular complexity index is 654. The maximum absolute atomic E-state index is 12.2. The third-order valence-corrected chi connectivity index (χ3v) is 5.23. The van der Waals surface area contributed by atoms with Crippen molar-refractivity contribution in [3.05, 3.63) is 36.7 Å². The summed E-state index contributed by atoms with van der Waals surface area (Å²) in [6, 6.07) is 7.87. The molecule has 116 valence electrons. The summed E-state index contributed by atoms with van der Waals surface area (Å²) in [4.78, 5) is 16.7. The molecule has 1 saturated carbocycles. The van der Waals surface area contributed by atoms with Gasteiger partial charge in [0.2, 0.25) is 0 Å². The fourth-order valence-electron chi connectivity index (χ4n) is 2.71. The van der Waals surface area contributed by atoms with Crippen molar-refractivity contribution in [3.63, 3.8) is 0 Å². The van der Waals surface area contributed by atoms with Crippen LogP contribution in [0.5, 0.6) is 5.75 Å². The van der Waals surface area contributed by atoms with Gasteiger partial charge in [-0.3, -0.25) is 9.36 Å². The van der Waals surface area contributed by atoms with Crippen LogP contribution >= 0.6 is 11.8 Å². The van der Waals surface area contributed by atoms with Crippen molar-refractivity contribution in [2.45, 2.75) is 42.5 Å². The predicted molar refractivity (Wildman–Crippen MR) is 87.9 cm³/mol. The number of ether oxygens (including phenoxy) is 1. The Kier molecular flexibility index (Phi) is 4.83. The van der Waals surface area contributed by atoms with Gasteiger partial charge in [-0.1, -0.05) is 30.7 Å². The minimum Gasteiger partial charge on any atom is -0.497 e. The Morgan fingerprint density at radius 2 is 2.23 bits per heavy atom. The molecule has 4 nitrogen and oxygen atoms in total. The molecular weight excluding hydrogens is 296 g/mol. The molecule has 1 fully saturated rings. The zero-order valence-electron chi connectivity index (χ0n) is 12.7. The first-order valence-corrected chi connectivity index (χ1v) is 8.53. The van der Waals surface area contributed by atoms with Gasteiger partial charge in [0.25, 0.3) is 0 Å². The zero-order valence-corrected chi connectivity index (χ0v) is 13.5. The zero-order chi connectivity index (χ0) is 15.4. The lowest BCUT2D eigenvalue weighted by molar-refractivity contribution is -0.118. The lowest BCUT2D eigenvalue weighted by Crippen LogP contribution is -2.15. The number of aromatic nitrogens is 2. The summed E-state index contributed by atoms with van der Waals surface area (Å²) in [5.74, 6) is 1.18. The molecule has 1 aromatic carbocycles. The van der Waals surface area contributed by atoms with Crippen LogP contribution in [0.25, 0.3) is 5.69 Å². The Morgan fingerprint density at radius 1 is 1.32 bits per heavy atom. The smallest absolute Gasteiger partial charge is 0.173 e. The summed E-state index contributed by atoms with van der Waals surface area (Å²) >= 11 is 1.59. The van der Waals surface area contributed by atoms with Crippen molar-refractivity contribution in [1.29, 1.82) is 0 Å². The summed E-state index contributed by atoms with van der Waals surface area (Å²) in [6.45, 7) is 0. The molecule has 0 unspecified atom stereocenters. The SMILES string of the molecule is COc1cccc(-n2ccnc2S[C@H]2CCCCCC2=O)c1. The number of nitrogens with zero attached hydrogens (tertiary/aromatic N) is 2. The number of ketones is 1. The number of benzene rings is 1. The van der Waals surface area contributed by atoms with Crippen LogP contribution in [0.15, 0.2) is 41.8 Å². The molecule has 2 aromatic rings. The number of hydrogen-bond donors (Lipinski definition) is 0. The van der Waals surface area contributed by atoms with Crippen LogP contribution in [-0.2, 0) is 4.79 Å². The van der Waals surface area contributed by atoms with Gasteiger partial charge >= 0.3 is 0 Å². The van der Waals surface area contributed by atoms with E-state index in [1.54, 1.807) is 25.1 Å². The molecule has 0 spiro atoms. The Balaban J connectivity index is 1.83. The predicted octanol–water partition coefficient (Wildman–Crippen LogP) is 3.87. The van der Waals surface area contributed by atoms with Crippen LogP contribution in [0, 0.1) is 0 Å². The van der Waals surface area contributed by atoms with E-state index in [-0.39, 0.29) is 5.25 Å². The molecule has 1 aromatic heterocycles. The summed E-state index contributed by atoms with van der Waals surface area (Å²) in [5, 5.41) is 0.905. The molecule has 22 heavy (non-hydrogen) atoms. The summed E-state index contributed by atoms with van der Waals surface area (Å²) in [7, 11) is 1.66. The Morgan fingerprint density at radius 3 is 3.09 bits per heavy atom. The van der Waals surface area contributed by atoms with Gasteiger partial charge in [0, 0.05) is 24.9 Å². The minimum atomic E-state index is 0.0363. The molecule has 0 N–H and O–H groups in total. The van der Waals surface area contributed by atoms with Gasteiger partial charge < -0.3 is 4.74 Å². The van der Waals surface area contributed by atoms with E-state index in [1.807, 2.05) is 35.0 Å². The second-order valence-corrected chi connectivity index (χ2v) is 6.62. The topological polar surface area (TPSA) is 44.1 Å². The van der Waals surface area contributed by atoms with Gasteiger partial charge in [0.05, 0.1) is 18.0 Å². The fraction of sp³-hybridized carbons (Fsp3) is 0.412. The molecule has 1 aliphatic rings. The first-order chi connectivity index (χ1) is 10.8. The molecule has 0 amide bonds. The van der Waals surface area contributed by atoms with Gasteiger partial charge in [0.15, 0.2) is 5.16 Å². The largest absolute Gasteiger partial charge is 0.497 e. The molecule has 1 aliphatic carbocycles. The summed E-state index contributed by atoms with van der Waals surface area (Å²) < 4.78 is 7.30. The highest BCUT2D eigenvalue weighted by molar-refractivity contribution is 8.00. The van der Waals surface area contributed by atoms with Crippen molar-refractivity contribution in [2.24, 2.45) is 0 Å². The van der Waals surface area contributed by atoms with Crippen molar-refractivity contribution in [2.75, 3.05) is 7.11 Å². The normalized spacial score (nSPS) is 19.0. The molecule has 0 bridgehead atoms. The first-order valence-electron chi connectivity index (χ1n) is 7.65. The van der Waals surface area contributed by atoms with Gasteiger partial charge in [-0.25, -0.2) is 4.98 Å². The molecular formula is C17H20N2O2S. The highest BCUT2D eigenvalue weighted by Gasteiger charge is 2.23. The molecule has 1 atom stereocenters. The van der Waals surface area contributed by atoms with Crippen molar-refractivity contribution in [1.82, 2.24) is 9.55 Å². The Labute approximate surface area is 134 Å². The number of Topliss-reactive ketones (excluding diaryl/α,β-unsaturated/α-hetero) is 1. The van der Waals surface area contributed by atoms with Crippen LogP contribution in [0.4, 0.5) is 0 Å². The maximum Gasteiger partial charge on any atom is 0.173 e. The van der Waals surface area contributed by atoms with Crippen molar-refractivity contribution in [3.8, 4) is 11.4 Å². The van der Waals surface area contributed by atoms with Crippen molar-refractivity contribution >= 4 is 17.5 Å². The standard InChI is InChI=1S/C17H20N2O2S/c1-21-14-7-5-6-13(12-14)19-11-10-18-17(19)22-16-9-4-2-3-8-15(16)20/h5-7,10-12,16H,2-4,8-9H2,1H3/t16-/m0/s1. The van der Waals surface area contributed by atoms with Crippen molar-refractivity contribution < 1.29 is 9.53 Å². The molecule has 1 heterocycles. The third kappa shape index (κ3) is 3.35. The van der Waals surface area contributed by atoms with E-state index in [4.69, 9.17) is 4.74 Å². The summed E-state index contributed by atoms with van der Waals surface area (Å²) in [6.07, 6.45) is 8.68. The van der Waals surface area contributed by atoms with E-state index in [9.17, 15) is 4.79 Å². The second kappa shape index (κ2) is 7.01. The van der Waals surface area contributed by atoms with Gasteiger partial charge in [-0.2, -0.15) is 0 Å². The fourth-order valence-corrected chi connectivity index (χ4v) is 3.90. The minimum absolute atomic E-state index is 0.0363. The van der Waals surface area contributed by atoms with E-state index in [2.05, 4.69) is 4.98 Å². The number of thioether (sulfide) groups is 1. The van der Waals surface area contributed by atoms with Crippen LogP contribution in [0.3, 0.4) is 0 Å². The number of carbonyl (C=O) groups is 1. The molecule has 0 radical (unpaired) electrons. The van der Waals surface area contributed by atoms with Gasteiger partial charge in [-0.15, -0.1) is 0 Å². The molecule has 3 rings (SSSR count). The van der Waals surface area contributed by atoms with E-state index >= 15 is 0 Å². The van der Waals surface area contributed by atoms with E-state index in [1.165, 1.54) is 0 Å². The highest BCUT2D eigenvalue weighted by atomic mass is 32.2. The number of methoxy groups -OCH3 is 1. The van der Waals surface area contributed by atoms with E-state index in [0.29, 0.717) is 12.2 Å². The second-order valence-electron chi connectivity index (χ2n) is 5.45. The lowest BCUT2D eigenvalue weighted by atomic mass is 10.2. The molecule has 0 aliphatic heterocycles. The van der Waals surface area contributed by atoms with E-state index in [0.717, 1.165) is 42.3 Å². The number of hydrogen-bond acceptors (Lipinski definition) is 4. The van der Waals surface area contributed by atoms with Crippen LogP contribution in [0.2, 0.25) is 0 Å². The maximum atomic E-state index is 12.2. The van der Waals surface area contributed by atoms with Crippen LogP contribution in [0.1, 0.15) is 32.1 Å². The van der Waals surface area contributed by atoms with Gasteiger partial charge in [0.1, 0.15) is 11.5 Å². The number of carbonyl (C=O) groups excluding carboxylic acids is 1. The molecule has 0 saturated heterocycles. The quantitative estimate of drug-likeness (QED) is 0.803. The lowest BCUT2D eigenvalue weighted by Gasteiger charge is -2.14. The van der Waals surface area contributed by atoms with E-state index < -0.39 is 0 Å². The van der Waals surface area contributed by atoms with Gasteiger partial charge in [-0.05, 0) is 25.0 Å². The average Bonchev–Trinajstić information content (AvgIpc) is 2.92. The monoisotopic (exact) mass is 316 g/mol. The third-order valence-electron chi connectivity index (χ3n) is 3.93. The molecule has 5 heteroatoms. The van der Waals surface area contributed by atoms with Crippen LogP contribution in [-0.4, -0.2) is 27.7 Å². The Hall–Kier alpha value is -1.75. The number of rotatable bonds is 4. The highest BCUT2D eigenvalue weighted by Crippen LogP contribution is 2.31. The summed E-state index contributed by atoms with van der Waals surface area (Å²) in [5.41, 5.74) is 1.00. The number of imidazole rings is 1. The van der Waals surface area contributed by atoms with Crippen LogP contribution < -0.4 is 4.74 Å². The first kappa shape index (κ1) is 15.2.